The van der Waals surface area contributed by atoms with Crippen molar-refractivity contribution in [2.75, 3.05) is 18.1 Å². The van der Waals surface area contributed by atoms with Crippen molar-refractivity contribution in [2.45, 2.75) is 31.4 Å². The van der Waals surface area contributed by atoms with Gasteiger partial charge in [0.2, 0.25) is 0 Å². The van der Waals surface area contributed by atoms with Gasteiger partial charge in [0.25, 0.3) is 0 Å². The maximum absolute atomic E-state index is 11.6. The molecule has 2 rings (SSSR count). The van der Waals surface area contributed by atoms with E-state index in [1.807, 2.05) is 30.3 Å². The summed E-state index contributed by atoms with van der Waals surface area (Å²) in [6, 6.07) is 9.37. The van der Waals surface area contributed by atoms with Crippen molar-refractivity contribution >= 4 is 9.84 Å². The lowest BCUT2D eigenvalue weighted by Gasteiger charge is -2.29. The van der Waals surface area contributed by atoms with Gasteiger partial charge in [-0.3, -0.25) is 0 Å². The monoisotopic (exact) mass is 283 g/mol. The molecule has 1 saturated heterocycles. The topological polar surface area (TPSA) is 66.4 Å². The van der Waals surface area contributed by atoms with Crippen LogP contribution < -0.4 is 5.32 Å². The van der Waals surface area contributed by atoms with E-state index in [2.05, 4.69) is 5.32 Å². The van der Waals surface area contributed by atoms with Crippen molar-refractivity contribution in [3.05, 3.63) is 35.9 Å². The summed E-state index contributed by atoms with van der Waals surface area (Å²) in [7, 11) is -2.91. The Bertz CT molecular complexity index is 511. The van der Waals surface area contributed by atoms with Gasteiger partial charge in [0.05, 0.1) is 17.1 Å². The maximum Gasteiger partial charge on any atom is 0.151 e. The zero-order chi connectivity index (χ0) is 13.9. The summed E-state index contributed by atoms with van der Waals surface area (Å²) in [6.45, 7) is 2.10. The van der Waals surface area contributed by atoms with Gasteiger partial charge in [-0.2, -0.15) is 0 Å². The van der Waals surface area contributed by atoms with Gasteiger partial charge in [-0.1, -0.05) is 30.3 Å². The smallest absolute Gasteiger partial charge is 0.151 e. The Kier molecular flexibility index (Phi) is 4.28. The zero-order valence-corrected chi connectivity index (χ0v) is 12.0. The lowest BCUT2D eigenvalue weighted by atomic mass is 9.95. The van der Waals surface area contributed by atoms with Crippen LogP contribution in [0.1, 0.15) is 25.3 Å². The molecule has 0 amide bonds. The third kappa shape index (κ3) is 4.03. The Labute approximate surface area is 114 Å². The van der Waals surface area contributed by atoms with Crippen LogP contribution in [0.3, 0.4) is 0 Å². The fourth-order valence-electron chi connectivity index (χ4n) is 2.43. The second kappa shape index (κ2) is 5.61. The minimum absolute atomic E-state index is 0.0473. The van der Waals surface area contributed by atoms with Crippen LogP contribution in [0.4, 0.5) is 0 Å². The van der Waals surface area contributed by atoms with E-state index >= 15 is 0 Å². The molecule has 1 aliphatic rings. The number of hydrogen-bond donors (Lipinski definition) is 2. The first-order chi connectivity index (χ1) is 8.89. The molecule has 0 saturated carbocycles. The molecule has 1 aromatic carbocycles. The van der Waals surface area contributed by atoms with E-state index in [1.165, 1.54) is 0 Å². The minimum Gasteiger partial charge on any atom is -0.384 e. The molecule has 4 nitrogen and oxygen atoms in total. The first-order valence-corrected chi connectivity index (χ1v) is 8.43. The lowest BCUT2D eigenvalue weighted by molar-refractivity contribution is 0.0540. The Morgan fingerprint density at radius 3 is 2.68 bits per heavy atom. The molecule has 0 spiro atoms. The second-order valence-electron chi connectivity index (χ2n) is 5.47. The average molecular weight is 283 g/mol. The molecule has 1 heterocycles. The highest BCUT2D eigenvalue weighted by Crippen LogP contribution is 2.20. The van der Waals surface area contributed by atoms with Crippen molar-refractivity contribution in [3.63, 3.8) is 0 Å². The van der Waals surface area contributed by atoms with Gasteiger partial charge in [-0.15, -0.1) is 0 Å². The Morgan fingerprint density at radius 2 is 2.05 bits per heavy atom. The average Bonchev–Trinajstić information content (AvgIpc) is 2.37. The summed E-state index contributed by atoms with van der Waals surface area (Å²) in [5.41, 5.74) is -0.149. The summed E-state index contributed by atoms with van der Waals surface area (Å²) < 4.78 is 23.1. The van der Waals surface area contributed by atoms with E-state index in [1.54, 1.807) is 6.92 Å². The third-order valence-corrected chi connectivity index (χ3v) is 5.41. The van der Waals surface area contributed by atoms with E-state index in [0.717, 1.165) is 12.0 Å². The van der Waals surface area contributed by atoms with Gasteiger partial charge in [-0.25, -0.2) is 8.42 Å². The summed E-state index contributed by atoms with van der Waals surface area (Å²) in [6.07, 6.45) is 1.55. The minimum atomic E-state index is -2.91. The molecular formula is C14H21NO3S. The molecule has 1 aliphatic heterocycles. The van der Waals surface area contributed by atoms with Crippen LogP contribution in [0.25, 0.3) is 0 Å². The highest BCUT2D eigenvalue weighted by atomic mass is 32.2. The van der Waals surface area contributed by atoms with Crippen LogP contribution in [0.15, 0.2) is 30.3 Å². The third-order valence-electron chi connectivity index (χ3n) is 3.59. The fraction of sp³-hybridized carbons (Fsp3) is 0.571. The Hall–Kier alpha value is -0.910. The maximum atomic E-state index is 11.6. The molecule has 0 bridgehead atoms. The highest BCUT2D eigenvalue weighted by molar-refractivity contribution is 7.91. The predicted octanol–water partition coefficient (Wildman–Crippen LogP) is 1.06. The number of sulfone groups is 1. The van der Waals surface area contributed by atoms with E-state index < -0.39 is 15.4 Å². The van der Waals surface area contributed by atoms with Crippen molar-refractivity contribution < 1.29 is 13.5 Å². The van der Waals surface area contributed by atoms with Crippen molar-refractivity contribution in [2.24, 2.45) is 0 Å². The molecular weight excluding hydrogens is 262 g/mol. The standard InChI is InChI=1S/C14H21NO3S/c1-14(16,12-6-3-2-4-7-12)11-15-13-8-5-9-19(17,18)10-13/h2-4,6-7,13,15-16H,5,8-11H2,1H3. The van der Waals surface area contributed by atoms with Crippen LogP contribution in [0.5, 0.6) is 0 Å². The quantitative estimate of drug-likeness (QED) is 0.867. The van der Waals surface area contributed by atoms with Gasteiger partial charge in [0.1, 0.15) is 0 Å². The molecule has 19 heavy (non-hydrogen) atoms. The van der Waals surface area contributed by atoms with Crippen LogP contribution in [-0.2, 0) is 15.4 Å². The first-order valence-electron chi connectivity index (χ1n) is 6.61. The second-order valence-corrected chi connectivity index (χ2v) is 7.70. The Morgan fingerprint density at radius 1 is 1.37 bits per heavy atom. The number of hydrogen-bond acceptors (Lipinski definition) is 4. The summed E-state index contributed by atoms with van der Waals surface area (Å²) in [5, 5.41) is 13.6. The van der Waals surface area contributed by atoms with Crippen molar-refractivity contribution in [3.8, 4) is 0 Å². The molecule has 1 aromatic rings. The lowest BCUT2D eigenvalue weighted by Crippen LogP contribution is -2.46. The van der Waals surface area contributed by atoms with Gasteiger partial charge < -0.3 is 10.4 Å². The normalized spacial score (nSPS) is 25.7. The molecule has 106 valence electrons. The highest BCUT2D eigenvalue weighted by Gasteiger charge is 2.28. The number of aliphatic hydroxyl groups is 1. The Balaban J connectivity index is 1.95. The van der Waals surface area contributed by atoms with Gasteiger partial charge >= 0.3 is 0 Å². The molecule has 2 atom stereocenters. The number of rotatable bonds is 4. The van der Waals surface area contributed by atoms with Crippen LogP contribution in [0, 0.1) is 0 Å². The van der Waals surface area contributed by atoms with Gasteiger partial charge in [0, 0.05) is 12.6 Å². The predicted molar refractivity (Wildman–Crippen MR) is 75.7 cm³/mol. The number of benzene rings is 1. The number of nitrogens with one attached hydrogen (secondary N) is 1. The van der Waals surface area contributed by atoms with E-state index in [9.17, 15) is 13.5 Å². The van der Waals surface area contributed by atoms with E-state index in [-0.39, 0.29) is 11.8 Å². The molecule has 5 heteroatoms. The zero-order valence-electron chi connectivity index (χ0n) is 11.2. The molecule has 0 radical (unpaired) electrons. The van der Waals surface area contributed by atoms with Crippen molar-refractivity contribution in [1.29, 1.82) is 0 Å². The van der Waals surface area contributed by atoms with Crippen LogP contribution in [-0.4, -0.2) is 37.6 Å². The summed E-state index contributed by atoms with van der Waals surface area (Å²) in [4.78, 5) is 0. The van der Waals surface area contributed by atoms with Gasteiger partial charge in [0.15, 0.2) is 9.84 Å². The molecule has 0 aliphatic carbocycles. The summed E-state index contributed by atoms with van der Waals surface area (Å²) >= 11 is 0. The molecule has 0 aromatic heterocycles. The molecule has 2 unspecified atom stereocenters. The van der Waals surface area contributed by atoms with Crippen molar-refractivity contribution in [1.82, 2.24) is 5.32 Å². The summed E-state index contributed by atoms with van der Waals surface area (Å²) in [5.74, 6) is 0.470. The fourth-order valence-corrected chi connectivity index (χ4v) is 4.10. The SMILES string of the molecule is CC(O)(CNC1CCCS(=O)(=O)C1)c1ccccc1. The largest absolute Gasteiger partial charge is 0.384 e. The van der Waals surface area contributed by atoms with Gasteiger partial charge in [-0.05, 0) is 25.3 Å². The van der Waals surface area contributed by atoms with Crippen LogP contribution in [0.2, 0.25) is 0 Å². The van der Waals surface area contributed by atoms with E-state index in [4.69, 9.17) is 0 Å². The first kappa shape index (κ1) is 14.5. The van der Waals surface area contributed by atoms with E-state index in [0.29, 0.717) is 18.7 Å². The van der Waals surface area contributed by atoms with Crippen LogP contribution >= 0.6 is 0 Å². The molecule has 2 N–H and O–H groups in total. The molecule has 1 fully saturated rings.